The van der Waals surface area contributed by atoms with Gasteiger partial charge in [-0.25, -0.2) is 9.78 Å². The summed E-state index contributed by atoms with van der Waals surface area (Å²) in [4.78, 5) is 34.4. The third kappa shape index (κ3) is 3.06. The van der Waals surface area contributed by atoms with Crippen LogP contribution in [-0.4, -0.2) is 35.9 Å². The molecule has 0 aromatic heterocycles. The van der Waals surface area contributed by atoms with Crippen molar-refractivity contribution in [2.45, 2.75) is 83.3 Å². The number of esters is 1. The Balaban J connectivity index is 1.58. The molecule has 0 aromatic carbocycles. The van der Waals surface area contributed by atoms with Crippen LogP contribution in [0.3, 0.4) is 0 Å². The Morgan fingerprint density at radius 1 is 1.11 bits per heavy atom. The molecule has 2 bridgehead atoms. The van der Waals surface area contributed by atoms with Gasteiger partial charge in [-0.3, -0.25) is 4.79 Å². The van der Waals surface area contributed by atoms with Crippen LogP contribution in [0.4, 0.5) is 0 Å². The number of hydrogen-bond donors (Lipinski definition) is 0. The van der Waals surface area contributed by atoms with Gasteiger partial charge in [-0.15, -0.1) is 0 Å². The van der Waals surface area contributed by atoms with Gasteiger partial charge in [-0.05, 0) is 44.4 Å². The first-order valence-corrected chi connectivity index (χ1v) is 9.84. The summed E-state index contributed by atoms with van der Waals surface area (Å²) in [6.07, 6.45) is 1.48. The smallest absolute Gasteiger partial charge is 0.308 e. The fourth-order valence-corrected chi connectivity index (χ4v) is 5.40. The first-order valence-electron chi connectivity index (χ1n) is 9.84. The topological polar surface area (TPSA) is 103 Å². The molecule has 0 N–H and O–H groups in total. The molecule has 5 rings (SSSR count). The molecule has 5 aliphatic rings. The lowest BCUT2D eigenvalue weighted by molar-refractivity contribution is -0.576. The molecule has 27 heavy (non-hydrogen) atoms. The molecule has 8 nitrogen and oxygen atoms in total. The van der Waals surface area contributed by atoms with Crippen LogP contribution in [0, 0.1) is 23.7 Å². The Kier molecular flexibility index (Phi) is 4.73. The van der Waals surface area contributed by atoms with E-state index < -0.39 is 35.9 Å². The van der Waals surface area contributed by atoms with Crippen molar-refractivity contribution >= 4 is 11.9 Å². The molecule has 1 spiro atoms. The number of aliphatic carboxylic acids is 1. The monoisotopic (exact) mass is 383 g/mol. The summed E-state index contributed by atoms with van der Waals surface area (Å²) in [7, 11) is 0. The van der Waals surface area contributed by atoms with Gasteiger partial charge in [0, 0.05) is 24.2 Å². The predicted octanol–water partition coefficient (Wildman–Crippen LogP) is 1.27. The van der Waals surface area contributed by atoms with E-state index >= 15 is 0 Å². The fraction of sp³-hybridized carbons (Fsp3) is 0.895. The second kappa shape index (κ2) is 6.69. The van der Waals surface area contributed by atoms with E-state index in [0.29, 0.717) is 12.3 Å². The summed E-state index contributed by atoms with van der Waals surface area (Å²) in [6.45, 7) is 6.04. The number of fused-ring (bicyclic) bond motifs is 2. The summed E-state index contributed by atoms with van der Waals surface area (Å²) in [5.74, 6) is -2.17. The van der Waals surface area contributed by atoms with Crippen molar-refractivity contribution in [3.05, 3.63) is 0 Å². The van der Waals surface area contributed by atoms with Crippen molar-refractivity contribution in [2.24, 2.45) is 23.7 Å². The van der Waals surface area contributed by atoms with Gasteiger partial charge < -0.3 is 24.1 Å². The molecule has 1 aliphatic carbocycles. The summed E-state index contributed by atoms with van der Waals surface area (Å²) in [5, 5.41) is 10.6. The fourth-order valence-electron chi connectivity index (χ4n) is 5.40. The van der Waals surface area contributed by atoms with Gasteiger partial charge in [-0.1, -0.05) is 13.8 Å². The van der Waals surface area contributed by atoms with Crippen LogP contribution in [0.5, 0.6) is 0 Å². The van der Waals surface area contributed by atoms with E-state index in [1.807, 2.05) is 13.8 Å². The first-order chi connectivity index (χ1) is 12.7. The minimum absolute atomic E-state index is 0.0547. The van der Waals surface area contributed by atoms with Crippen LogP contribution < -0.4 is 5.11 Å². The van der Waals surface area contributed by atoms with Crippen molar-refractivity contribution in [1.29, 1.82) is 0 Å². The quantitative estimate of drug-likeness (QED) is 0.528. The van der Waals surface area contributed by atoms with Crippen LogP contribution >= 0.6 is 0 Å². The van der Waals surface area contributed by atoms with Gasteiger partial charge in [0.2, 0.25) is 12.1 Å². The molecule has 5 fully saturated rings. The number of hydrogen-bond acceptors (Lipinski definition) is 8. The van der Waals surface area contributed by atoms with Gasteiger partial charge in [0.05, 0.1) is 6.42 Å². The third-order valence-corrected chi connectivity index (χ3v) is 6.88. The molecule has 1 saturated carbocycles. The average molecular weight is 383 g/mol. The van der Waals surface area contributed by atoms with Crippen LogP contribution in [0.25, 0.3) is 0 Å². The molecule has 4 aliphatic heterocycles. The Morgan fingerprint density at radius 3 is 2.63 bits per heavy atom. The SMILES string of the molecule is C[C@H]1[C@@H](OC(=O)CCC(=O)[O-])O[C@@H]2O[C@@]3(C)CCC4[C@H](C)CC[C@@H]1[C@]42OO3. The molecule has 0 radical (unpaired) electrons. The standard InChI is InChI=1S/C19H28O8/c1-10-4-5-13-11(2)16(23-15(22)7-6-14(20)21)24-17-19(13)12(10)8-9-18(3,25-17)26-27-19/h10-13,16-17H,4-9H2,1-3H3,(H,20,21)/p-1/t10-,11-,12?,13+,16+,17-,18-,19-/m1/s1. The first kappa shape index (κ1) is 19.1. The Hall–Kier alpha value is -1.22. The van der Waals surface area contributed by atoms with Gasteiger partial charge in [0.25, 0.3) is 0 Å². The lowest BCUT2D eigenvalue weighted by atomic mass is 9.58. The van der Waals surface area contributed by atoms with E-state index in [9.17, 15) is 14.7 Å². The number of rotatable bonds is 4. The molecular weight excluding hydrogens is 356 g/mol. The number of carboxylic acids is 1. The number of carbonyl (C=O) groups excluding carboxylic acids is 2. The number of ether oxygens (including phenoxy) is 3. The van der Waals surface area contributed by atoms with Crippen LogP contribution in [0.2, 0.25) is 0 Å². The average Bonchev–Trinajstić information content (AvgIpc) is 2.84. The van der Waals surface area contributed by atoms with E-state index in [0.717, 1.165) is 19.3 Å². The maximum absolute atomic E-state index is 12.0. The molecule has 4 saturated heterocycles. The minimum atomic E-state index is -1.28. The van der Waals surface area contributed by atoms with Crippen molar-refractivity contribution < 1.29 is 38.7 Å². The highest BCUT2D eigenvalue weighted by molar-refractivity contribution is 5.75. The Bertz CT molecular complexity index is 623. The highest BCUT2D eigenvalue weighted by atomic mass is 17.3. The molecule has 0 aromatic rings. The van der Waals surface area contributed by atoms with Crippen LogP contribution in [-0.2, 0) is 33.6 Å². The third-order valence-electron chi connectivity index (χ3n) is 6.88. The van der Waals surface area contributed by atoms with Crippen molar-refractivity contribution in [2.75, 3.05) is 0 Å². The zero-order chi connectivity index (χ0) is 19.4. The zero-order valence-electron chi connectivity index (χ0n) is 16.0. The van der Waals surface area contributed by atoms with E-state index in [2.05, 4.69) is 6.92 Å². The van der Waals surface area contributed by atoms with Crippen LogP contribution in [0.1, 0.15) is 59.3 Å². The van der Waals surface area contributed by atoms with Gasteiger partial charge in [0.1, 0.15) is 0 Å². The largest absolute Gasteiger partial charge is 0.550 e. The predicted molar refractivity (Wildman–Crippen MR) is 87.2 cm³/mol. The maximum Gasteiger partial charge on any atom is 0.308 e. The van der Waals surface area contributed by atoms with Crippen molar-refractivity contribution in [3.63, 3.8) is 0 Å². The van der Waals surface area contributed by atoms with Gasteiger partial charge in [0.15, 0.2) is 11.9 Å². The Morgan fingerprint density at radius 2 is 1.89 bits per heavy atom. The van der Waals surface area contributed by atoms with Crippen molar-refractivity contribution in [3.8, 4) is 0 Å². The van der Waals surface area contributed by atoms with Crippen LogP contribution in [0.15, 0.2) is 0 Å². The second-order valence-electron chi connectivity index (χ2n) is 8.64. The Labute approximate surface area is 158 Å². The maximum atomic E-state index is 12.0. The summed E-state index contributed by atoms with van der Waals surface area (Å²) in [6, 6.07) is 0. The number of carbonyl (C=O) groups is 2. The molecule has 8 atom stereocenters. The minimum Gasteiger partial charge on any atom is -0.550 e. The lowest BCUT2D eigenvalue weighted by Gasteiger charge is -2.59. The summed E-state index contributed by atoms with van der Waals surface area (Å²) < 4.78 is 17.7. The lowest BCUT2D eigenvalue weighted by Crippen LogP contribution is -2.70. The summed E-state index contributed by atoms with van der Waals surface area (Å²) in [5.41, 5.74) is -0.707. The highest BCUT2D eigenvalue weighted by Gasteiger charge is 2.69. The summed E-state index contributed by atoms with van der Waals surface area (Å²) >= 11 is 0. The molecule has 1 unspecified atom stereocenters. The van der Waals surface area contributed by atoms with Crippen molar-refractivity contribution in [1.82, 2.24) is 0 Å². The molecular formula is C19H27O8-. The van der Waals surface area contributed by atoms with Gasteiger partial charge in [-0.2, -0.15) is 0 Å². The molecule has 152 valence electrons. The van der Waals surface area contributed by atoms with E-state index in [-0.39, 0.29) is 30.6 Å². The normalized spacial score (nSPS) is 48.4. The zero-order valence-corrected chi connectivity index (χ0v) is 16.0. The molecule has 8 heteroatoms. The highest BCUT2D eigenvalue weighted by Crippen LogP contribution is 2.60. The molecule has 4 heterocycles. The molecule has 0 amide bonds. The van der Waals surface area contributed by atoms with Gasteiger partial charge >= 0.3 is 5.97 Å². The number of carboxylic acid groups (broad SMARTS) is 1. The van der Waals surface area contributed by atoms with E-state index in [1.54, 1.807) is 0 Å². The van der Waals surface area contributed by atoms with E-state index in [1.165, 1.54) is 0 Å². The van der Waals surface area contributed by atoms with E-state index in [4.69, 9.17) is 24.0 Å². The second-order valence-corrected chi connectivity index (χ2v) is 8.64.